The first-order chi connectivity index (χ1) is 13.4. The number of aryl methyl sites for hydroxylation is 3. The van der Waals surface area contributed by atoms with Crippen LogP contribution >= 0.6 is 11.3 Å². The standard InChI is InChI=1S/C22H23FO3S2/c1-15-12-20(8-6-17(15)4-3-11-28(24)25)26-14-18-13-19(23)7-9-21(18)22-10-5-16(2)27-22/h5-10,12-13H,3-4,11,14H2,1-2H3,(H,24,25). The zero-order valence-corrected chi connectivity index (χ0v) is 17.5. The minimum atomic E-state index is -1.75. The molecule has 3 rings (SSSR count). The summed E-state index contributed by atoms with van der Waals surface area (Å²) < 4.78 is 39.4. The van der Waals surface area contributed by atoms with E-state index >= 15 is 0 Å². The van der Waals surface area contributed by atoms with Crippen molar-refractivity contribution < 1.29 is 17.9 Å². The summed E-state index contributed by atoms with van der Waals surface area (Å²) >= 11 is -0.0687. The van der Waals surface area contributed by atoms with Crippen LogP contribution < -0.4 is 4.74 Å². The molecule has 0 saturated carbocycles. The molecule has 1 N–H and O–H groups in total. The molecule has 28 heavy (non-hydrogen) atoms. The van der Waals surface area contributed by atoms with Crippen LogP contribution in [-0.4, -0.2) is 14.5 Å². The fourth-order valence-electron chi connectivity index (χ4n) is 3.09. The molecule has 3 nitrogen and oxygen atoms in total. The number of ether oxygens (including phenoxy) is 1. The lowest BCUT2D eigenvalue weighted by Crippen LogP contribution is -2.01. The van der Waals surface area contributed by atoms with E-state index in [1.807, 2.05) is 25.1 Å². The number of hydrogen-bond acceptors (Lipinski definition) is 3. The van der Waals surface area contributed by atoms with Crippen LogP contribution in [0.3, 0.4) is 0 Å². The first-order valence-electron chi connectivity index (χ1n) is 9.07. The number of halogens is 1. The fourth-order valence-corrected chi connectivity index (χ4v) is 4.41. The van der Waals surface area contributed by atoms with Crippen molar-refractivity contribution in [3.05, 3.63) is 75.9 Å². The molecule has 0 bridgehead atoms. The highest BCUT2D eigenvalue weighted by Crippen LogP contribution is 2.32. The van der Waals surface area contributed by atoms with Gasteiger partial charge in [-0.25, -0.2) is 8.60 Å². The molecule has 1 atom stereocenters. The third-order valence-electron chi connectivity index (χ3n) is 4.55. The number of benzene rings is 2. The lowest BCUT2D eigenvalue weighted by atomic mass is 10.0. The normalized spacial score (nSPS) is 12.1. The molecular weight excluding hydrogens is 395 g/mol. The van der Waals surface area contributed by atoms with E-state index in [0.717, 1.165) is 39.3 Å². The highest BCUT2D eigenvalue weighted by Gasteiger charge is 2.10. The molecule has 6 heteroatoms. The molecule has 148 valence electrons. The summed E-state index contributed by atoms with van der Waals surface area (Å²) in [7, 11) is 0. The maximum absolute atomic E-state index is 13.8. The third kappa shape index (κ3) is 5.50. The van der Waals surface area contributed by atoms with Gasteiger partial charge in [0.25, 0.3) is 0 Å². The molecule has 2 aromatic carbocycles. The Morgan fingerprint density at radius 3 is 2.57 bits per heavy atom. The molecule has 0 aliphatic carbocycles. The van der Waals surface area contributed by atoms with Crippen molar-refractivity contribution in [3.63, 3.8) is 0 Å². The van der Waals surface area contributed by atoms with Crippen LogP contribution in [0.15, 0.2) is 48.5 Å². The number of rotatable bonds is 8. The number of thiophene rings is 1. The lowest BCUT2D eigenvalue weighted by Gasteiger charge is -2.12. The predicted octanol–water partition coefficient (Wildman–Crippen LogP) is 5.90. The van der Waals surface area contributed by atoms with Gasteiger partial charge in [-0.15, -0.1) is 11.3 Å². The average molecular weight is 419 g/mol. The Morgan fingerprint density at radius 2 is 1.89 bits per heavy atom. The van der Waals surface area contributed by atoms with Gasteiger partial charge in [0.1, 0.15) is 18.2 Å². The molecule has 0 radical (unpaired) electrons. The summed E-state index contributed by atoms with van der Waals surface area (Å²) in [6, 6.07) is 14.8. The zero-order valence-electron chi connectivity index (χ0n) is 15.9. The van der Waals surface area contributed by atoms with Crippen LogP contribution in [0.4, 0.5) is 4.39 Å². The quantitative estimate of drug-likeness (QED) is 0.463. The molecule has 0 saturated heterocycles. The van der Waals surface area contributed by atoms with E-state index in [0.29, 0.717) is 6.42 Å². The van der Waals surface area contributed by atoms with Crippen LogP contribution in [0.1, 0.15) is 28.0 Å². The van der Waals surface area contributed by atoms with Crippen LogP contribution in [0.2, 0.25) is 0 Å². The van der Waals surface area contributed by atoms with Crippen LogP contribution in [-0.2, 0) is 24.1 Å². The Balaban J connectivity index is 1.71. The van der Waals surface area contributed by atoms with Crippen molar-refractivity contribution in [1.29, 1.82) is 0 Å². The van der Waals surface area contributed by atoms with E-state index in [1.54, 1.807) is 17.4 Å². The van der Waals surface area contributed by atoms with E-state index in [1.165, 1.54) is 17.0 Å². The van der Waals surface area contributed by atoms with Gasteiger partial charge in [0.05, 0.1) is 0 Å². The summed E-state index contributed by atoms with van der Waals surface area (Å²) in [5.41, 5.74) is 4.02. The second-order valence-corrected chi connectivity index (χ2v) is 9.06. The Morgan fingerprint density at radius 1 is 1.07 bits per heavy atom. The second-order valence-electron chi connectivity index (χ2n) is 6.72. The van der Waals surface area contributed by atoms with Gasteiger partial charge in [-0.1, -0.05) is 12.1 Å². The minimum absolute atomic E-state index is 0.275. The highest BCUT2D eigenvalue weighted by molar-refractivity contribution is 7.79. The Hall–Kier alpha value is -2.02. The van der Waals surface area contributed by atoms with Gasteiger partial charge < -0.3 is 9.29 Å². The fraction of sp³-hybridized carbons (Fsp3) is 0.273. The largest absolute Gasteiger partial charge is 0.489 e. The third-order valence-corrected chi connectivity index (χ3v) is 6.22. The van der Waals surface area contributed by atoms with Crippen molar-refractivity contribution >= 4 is 22.4 Å². The Labute approximate surface area is 171 Å². The van der Waals surface area contributed by atoms with Crippen molar-refractivity contribution in [2.24, 2.45) is 0 Å². The van der Waals surface area contributed by atoms with Crippen LogP contribution in [0.25, 0.3) is 10.4 Å². The minimum Gasteiger partial charge on any atom is -0.489 e. The Bertz CT molecular complexity index is 982. The SMILES string of the molecule is Cc1ccc(-c2ccc(F)cc2COc2ccc(CCCS(=O)O)c(C)c2)s1. The Kier molecular flexibility index (Phi) is 6.99. The average Bonchev–Trinajstić information content (AvgIpc) is 3.07. The molecule has 0 amide bonds. The highest BCUT2D eigenvalue weighted by atomic mass is 32.2. The molecular formula is C22H23FO3S2. The van der Waals surface area contributed by atoms with E-state index < -0.39 is 11.1 Å². The van der Waals surface area contributed by atoms with Gasteiger partial charge in [-0.05, 0) is 79.8 Å². The molecule has 0 aliphatic heterocycles. The summed E-state index contributed by atoms with van der Waals surface area (Å²) in [6.07, 6.45) is 1.42. The van der Waals surface area contributed by atoms with E-state index in [-0.39, 0.29) is 18.2 Å². The molecule has 0 fully saturated rings. The lowest BCUT2D eigenvalue weighted by molar-refractivity contribution is 0.306. The first kappa shape index (κ1) is 20.7. The van der Waals surface area contributed by atoms with Gasteiger partial charge >= 0.3 is 0 Å². The summed E-state index contributed by atoms with van der Waals surface area (Å²) in [5.74, 6) is 0.732. The zero-order chi connectivity index (χ0) is 20.1. The smallest absolute Gasteiger partial charge is 0.152 e. The number of hydrogen-bond donors (Lipinski definition) is 1. The molecule has 1 heterocycles. The second kappa shape index (κ2) is 9.45. The van der Waals surface area contributed by atoms with Crippen molar-refractivity contribution in [2.75, 3.05) is 5.75 Å². The first-order valence-corrected chi connectivity index (χ1v) is 11.2. The molecule has 0 spiro atoms. The molecule has 1 aromatic heterocycles. The molecule has 0 aliphatic rings. The van der Waals surface area contributed by atoms with E-state index in [4.69, 9.17) is 9.29 Å². The molecule has 3 aromatic rings. The van der Waals surface area contributed by atoms with Gasteiger partial charge in [-0.2, -0.15) is 0 Å². The monoisotopic (exact) mass is 418 g/mol. The van der Waals surface area contributed by atoms with Gasteiger partial charge in [-0.3, -0.25) is 0 Å². The van der Waals surface area contributed by atoms with E-state index in [9.17, 15) is 8.60 Å². The van der Waals surface area contributed by atoms with Crippen LogP contribution in [0.5, 0.6) is 5.75 Å². The van der Waals surface area contributed by atoms with Crippen molar-refractivity contribution in [3.8, 4) is 16.2 Å². The van der Waals surface area contributed by atoms with E-state index in [2.05, 4.69) is 19.1 Å². The van der Waals surface area contributed by atoms with Gasteiger partial charge in [0.2, 0.25) is 0 Å². The van der Waals surface area contributed by atoms with Crippen LogP contribution in [0, 0.1) is 19.7 Å². The summed E-state index contributed by atoms with van der Waals surface area (Å²) in [4.78, 5) is 2.31. The summed E-state index contributed by atoms with van der Waals surface area (Å²) in [5, 5.41) is 0. The maximum Gasteiger partial charge on any atom is 0.152 e. The molecule has 1 unspecified atom stereocenters. The summed E-state index contributed by atoms with van der Waals surface area (Å²) in [6.45, 7) is 4.34. The maximum atomic E-state index is 13.8. The van der Waals surface area contributed by atoms with Gasteiger partial charge in [0.15, 0.2) is 11.1 Å². The van der Waals surface area contributed by atoms with Crippen molar-refractivity contribution in [1.82, 2.24) is 0 Å². The van der Waals surface area contributed by atoms with Gasteiger partial charge in [0, 0.05) is 21.1 Å². The van der Waals surface area contributed by atoms with Crippen molar-refractivity contribution in [2.45, 2.75) is 33.3 Å². The topological polar surface area (TPSA) is 46.5 Å². The predicted molar refractivity (Wildman–Crippen MR) is 114 cm³/mol.